The Labute approximate surface area is 129 Å². The molecule has 0 saturated carbocycles. The average Bonchev–Trinajstić information content (AvgIpc) is 2.52. The zero-order valence-corrected chi connectivity index (χ0v) is 13.0. The van der Waals surface area contributed by atoms with E-state index in [-0.39, 0.29) is 25.0 Å². The number of carbonyl (C=O) groups excluding carboxylic acids is 2. The fourth-order valence-corrected chi connectivity index (χ4v) is 1.85. The summed E-state index contributed by atoms with van der Waals surface area (Å²) in [5.74, 6) is -0.167. The van der Waals surface area contributed by atoms with Crippen LogP contribution in [-0.4, -0.2) is 46.2 Å². The molecule has 0 aliphatic heterocycles. The van der Waals surface area contributed by atoms with Gasteiger partial charge in [-0.2, -0.15) is 0 Å². The Hall–Kier alpha value is -2.54. The van der Waals surface area contributed by atoms with Crippen LogP contribution in [0.1, 0.15) is 5.56 Å². The van der Waals surface area contributed by atoms with E-state index in [0.29, 0.717) is 22.7 Å². The maximum absolute atomic E-state index is 12.2. The van der Waals surface area contributed by atoms with Gasteiger partial charge in [0.2, 0.25) is 5.91 Å². The number of rotatable bonds is 7. The van der Waals surface area contributed by atoms with Crippen molar-refractivity contribution in [1.29, 1.82) is 0 Å². The number of hydrogen-bond donors (Lipinski definition) is 2. The van der Waals surface area contributed by atoms with Crippen LogP contribution in [0.15, 0.2) is 18.7 Å². The summed E-state index contributed by atoms with van der Waals surface area (Å²) in [6.45, 7) is 3.31. The fraction of sp³-hybridized carbons (Fsp3) is 0.333. The van der Waals surface area contributed by atoms with Crippen molar-refractivity contribution in [2.45, 2.75) is 0 Å². The molecule has 120 valence electrons. The maximum atomic E-state index is 12.2. The number of hydrogen-bond acceptors (Lipinski definition) is 5. The van der Waals surface area contributed by atoms with Crippen LogP contribution in [0, 0.1) is 0 Å². The Kier molecular flexibility index (Phi) is 6.40. The SMILES string of the molecule is C=Cc1cc(N)cc(OC)c1N(C)C(=O)COCC(=O)NC. The third-order valence-electron chi connectivity index (χ3n) is 3.01. The van der Waals surface area contributed by atoms with Gasteiger partial charge in [0.15, 0.2) is 0 Å². The first kappa shape index (κ1) is 17.5. The summed E-state index contributed by atoms with van der Waals surface area (Å²) >= 11 is 0. The molecule has 0 fully saturated rings. The van der Waals surface area contributed by atoms with Gasteiger partial charge < -0.3 is 25.4 Å². The summed E-state index contributed by atoms with van der Waals surface area (Å²) in [7, 11) is 4.58. The van der Waals surface area contributed by atoms with E-state index in [0.717, 1.165) is 0 Å². The quantitative estimate of drug-likeness (QED) is 0.721. The van der Waals surface area contributed by atoms with Crippen LogP contribution in [0.2, 0.25) is 0 Å². The number of nitrogens with one attached hydrogen (secondary N) is 1. The normalized spacial score (nSPS) is 9.95. The maximum Gasteiger partial charge on any atom is 0.252 e. The first-order valence-electron chi connectivity index (χ1n) is 6.59. The molecule has 0 radical (unpaired) electrons. The molecule has 3 N–H and O–H groups in total. The van der Waals surface area contributed by atoms with Crippen molar-refractivity contribution in [1.82, 2.24) is 5.32 Å². The Morgan fingerprint density at radius 1 is 1.41 bits per heavy atom. The number of nitrogens with zero attached hydrogens (tertiary/aromatic N) is 1. The number of carbonyl (C=O) groups is 2. The molecule has 1 aromatic rings. The van der Waals surface area contributed by atoms with Gasteiger partial charge >= 0.3 is 0 Å². The standard InChI is InChI=1S/C15H21N3O4/c1-5-10-6-11(16)7-12(21-4)15(10)18(3)14(20)9-22-8-13(19)17-2/h5-7H,1,8-9,16H2,2-4H3,(H,17,19). The van der Waals surface area contributed by atoms with E-state index in [1.807, 2.05) is 0 Å². The molecule has 0 saturated heterocycles. The number of anilines is 2. The molecule has 0 aliphatic carbocycles. The smallest absolute Gasteiger partial charge is 0.252 e. The second kappa shape index (κ2) is 8.04. The minimum absolute atomic E-state index is 0.177. The van der Waals surface area contributed by atoms with Crippen molar-refractivity contribution >= 4 is 29.3 Å². The number of benzene rings is 1. The van der Waals surface area contributed by atoms with Crippen molar-refractivity contribution in [3.8, 4) is 5.75 Å². The number of likely N-dealkylation sites (N-methyl/N-ethyl adjacent to an activating group) is 2. The zero-order valence-electron chi connectivity index (χ0n) is 13.0. The van der Waals surface area contributed by atoms with Crippen LogP contribution in [0.3, 0.4) is 0 Å². The monoisotopic (exact) mass is 307 g/mol. The highest BCUT2D eigenvalue weighted by Crippen LogP contribution is 2.34. The summed E-state index contributed by atoms with van der Waals surface area (Å²) in [4.78, 5) is 24.6. The van der Waals surface area contributed by atoms with E-state index in [2.05, 4.69) is 11.9 Å². The van der Waals surface area contributed by atoms with E-state index >= 15 is 0 Å². The van der Waals surface area contributed by atoms with Gasteiger partial charge in [-0.1, -0.05) is 12.7 Å². The van der Waals surface area contributed by atoms with Crippen molar-refractivity contribution in [2.24, 2.45) is 0 Å². The number of ether oxygens (including phenoxy) is 2. The lowest BCUT2D eigenvalue weighted by Crippen LogP contribution is -2.33. The summed E-state index contributed by atoms with van der Waals surface area (Å²) in [5.41, 5.74) is 7.50. The molecular formula is C15H21N3O4. The van der Waals surface area contributed by atoms with Gasteiger partial charge in [0.05, 0.1) is 12.8 Å². The van der Waals surface area contributed by atoms with Gasteiger partial charge in [-0.15, -0.1) is 0 Å². The van der Waals surface area contributed by atoms with Gasteiger partial charge in [0.1, 0.15) is 19.0 Å². The van der Waals surface area contributed by atoms with Gasteiger partial charge in [0, 0.05) is 31.4 Å². The number of methoxy groups -OCH3 is 1. The first-order valence-corrected chi connectivity index (χ1v) is 6.59. The fourth-order valence-electron chi connectivity index (χ4n) is 1.85. The number of nitrogens with two attached hydrogens (primary N) is 1. The highest BCUT2D eigenvalue weighted by Gasteiger charge is 2.19. The van der Waals surface area contributed by atoms with Crippen LogP contribution in [0.4, 0.5) is 11.4 Å². The van der Waals surface area contributed by atoms with Crippen molar-refractivity contribution in [3.05, 3.63) is 24.3 Å². The molecule has 1 aromatic carbocycles. The van der Waals surface area contributed by atoms with Crippen LogP contribution >= 0.6 is 0 Å². The lowest BCUT2D eigenvalue weighted by molar-refractivity contribution is -0.129. The van der Waals surface area contributed by atoms with Crippen LogP contribution < -0.4 is 20.7 Å². The van der Waals surface area contributed by atoms with Crippen LogP contribution in [-0.2, 0) is 14.3 Å². The number of nitrogen functional groups attached to an aromatic ring is 1. The molecular weight excluding hydrogens is 286 g/mol. The molecule has 0 unspecified atom stereocenters. The Bertz CT molecular complexity index is 572. The van der Waals surface area contributed by atoms with Crippen molar-refractivity contribution in [3.63, 3.8) is 0 Å². The van der Waals surface area contributed by atoms with E-state index in [4.69, 9.17) is 15.2 Å². The van der Waals surface area contributed by atoms with E-state index in [1.165, 1.54) is 19.1 Å². The predicted molar refractivity (Wildman–Crippen MR) is 85.8 cm³/mol. The molecule has 2 amide bonds. The highest BCUT2D eigenvalue weighted by molar-refractivity contribution is 5.98. The molecule has 0 bridgehead atoms. The molecule has 0 spiro atoms. The largest absolute Gasteiger partial charge is 0.494 e. The summed E-state index contributed by atoms with van der Waals surface area (Å²) in [6.07, 6.45) is 1.59. The Balaban J connectivity index is 2.92. The molecule has 0 aromatic heterocycles. The molecule has 0 heterocycles. The summed E-state index contributed by atoms with van der Waals surface area (Å²) in [6, 6.07) is 3.32. The van der Waals surface area contributed by atoms with Crippen LogP contribution in [0.5, 0.6) is 5.75 Å². The van der Waals surface area contributed by atoms with E-state index < -0.39 is 0 Å². The molecule has 1 rings (SSSR count). The van der Waals surface area contributed by atoms with Crippen molar-refractivity contribution in [2.75, 3.05) is 45.1 Å². The second-order valence-corrected chi connectivity index (χ2v) is 4.48. The van der Waals surface area contributed by atoms with Crippen molar-refractivity contribution < 1.29 is 19.1 Å². The van der Waals surface area contributed by atoms with Gasteiger partial charge in [0.25, 0.3) is 5.91 Å². The topological polar surface area (TPSA) is 93.9 Å². The van der Waals surface area contributed by atoms with Crippen LogP contribution in [0.25, 0.3) is 6.08 Å². The van der Waals surface area contributed by atoms with Gasteiger partial charge in [-0.3, -0.25) is 9.59 Å². The third-order valence-corrected chi connectivity index (χ3v) is 3.01. The van der Waals surface area contributed by atoms with Gasteiger partial charge in [-0.05, 0) is 6.07 Å². The molecule has 7 heteroatoms. The van der Waals surface area contributed by atoms with E-state index in [9.17, 15) is 9.59 Å². The highest BCUT2D eigenvalue weighted by atomic mass is 16.5. The van der Waals surface area contributed by atoms with E-state index in [1.54, 1.807) is 25.3 Å². The minimum atomic E-state index is -0.324. The first-order chi connectivity index (χ1) is 10.4. The molecule has 7 nitrogen and oxygen atoms in total. The lowest BCUT2D eigenvalue weighted by Gasteiger charge is -2.22. The predicted octanol–water partition coefficient (Wildman–Crippen LogP) is 0.646. The molecule has 0 aliphatic rings. The Morgan fingerprint density at radius 3 is 2.64 bits per heavy atom. The minimum Gasteiger partial charge on any atom is -0.494 e. The lowest BCUT2D eigenvalue weighted by atomic mass is 10.1. The number of amides is 2. The third kappa shape index (κ3) is 4.23. The van der Waals surface area contributed by atoms with Gasteiger partial charge in [-0.25, -0.2) is 0 Å². The summed E-state index contributed by atoms with van der Waals surface area (Å²) in [5, 5.41) is 2.41. The molecule has 0 atom stereocenters. The Morgan fingerprint density at radius 2 is 2.09 bits per heavy atom. The molecule has 22 heavy (non-hydrogen) atoms. The zero-order chi connectivity index (χ0) is 16.7. The second-order valence-electron chi connectivity index (χ2n) is 4.48. The summed E-state index contributed by atoms with van der Waals surface area (Å²) < 4.78 is 10.3. The average molecular weight is 307 g/mol.